The summed E-state index contributed by atoms with van der Waals surface area (Å²) in [6.45, 7) is 0. The number of rotatable bonds is 6. The summed E-state index contributed by atoms with van der Waals surface area (Å²) in [4.78, 5) is 0. The monoisotopic (exact) mass is 384 g/mol. The quantitative estimate of drug-likeness (QED) is 0.766. The molecule has 0 saturated carbocycles. The molecular formula is C17H14F2O4S2. The van der Waals surface area contributed by atoms with E-state index in [1.807, 2.05) is 0 Å². The number of sulfone groups is 2. The van der Waals surface area contributed by atoms with Crippen LogP contribution in [0, 0.1) is 11.6 Å². The van der Waals surface area contributed by atoms with E-state index < -0.39 is 36.4 Å². The van der Waals surface area contributed by atoms with Gasteiger partial charge in [-0.3, -0.25) is 0 Å². The van der Waals surface area contributed by atoms with E-state index in [9.17, 15) is 25.6 Å². The summed E-state index contributed by atoms with van der Waals surface area (Å²) in [5.74, 6) is -0.929. The van der Waals surface area contributed by atoms with Crippen molar-refractivity contribution in [2.75, 3.05) is 5.08 Å². The second-order valence-corrected chi connectivity index (χ2v) is 9.29. The Kier molecular flexibility index (Phi) is 5.86. The molecule has 0 aromatic heterocycles. The Morgan fingerprint density at radius 1 is 0.640 bits per heavy atom. The number of hydrogen-bond acceptors (Lipinski definition) is 4. The van der Waals surface area contributed by atoms with Crippen molar-refractivity contribution >= 4 is 31.8 Å². The standard InChI is InChI=1S/C17H14F2O4S2/c18-16-5-1-14(2-6-16)9-11-24(20,21)13-25(22,23)12-10-15-3-7-17(19)8-4-15/h1-12H,13H2/b11-9-,12-10?. The Hall–Kier alpha value is -2.32. The molecule has 0 aliphatic carbocycles. The highest BCUT2D eigenvalue weighted by molar-refractivity contribution is 8.10. The van der Waals surface area contributed by atoms with Gasteiger partial charge in [-0.05, 0) is 47.5 Å². The first-order chi connectivity index (χ1) is 11.7. The van der Waals surface area contributed by atoms with Crippen molar-refractivity contribution in [2.24, 2.45) is 0 Å². The van der Waals surface area contributed by atoms with Crippen molar-refractivity contribution in [1.82, 2.24) is 0 Å². The molecule has 0 heterocycles. The van der Waals surface area contributed by atoms with Gasteiger partial charge in [0.05, 0.1) is 0 Å². The first-order valence-electron chi connectivity index (χ1n) is 6.98. The van der Waals surface area contributed by atoms with Gasteiger partial charge in [0, 0.05) is 10.8 Å². The molecule has 2 aromatic carbocycles. The molecule has 0 spiro atoms. The summed E-state index contributed by atoms with van der Waals surface area (Å²) in [5.41, 5.74) is 0.841. The fraction of sp³-hybridized carbons (Fsp3) is 0.0588. The van der Waals surface area contributed by atoms with Gasteiger partial charge in [-0.15, -0.1) is 0 Å². The van der Waals surface area contributed by atoms with E-state index >= 15 is 0 Å². The van der Waals surface area contributed by atoms with E-state index in [0.717, 1.165) is 35.1 Å². The maximum absolute atomic E-state index is 12.8. The van der Waals surface area contributed by atoms with Crippen LogP contribution in [0.5, 0.6) is 0 Å². The minimum Gasteiger partial charge on any atom is -0.223 e. The second kappa shape index (κ2) is 7.71. The van der Waals surface area contributed by atoms with Crippen LogP contribution in [0.25, 0.3) is 12.2 Å². The van der Waals surface area contributed by atoms with E-state index in [1.54, 1.807) is 0 Å². The lowest BCUT2D eigenvalue weighted by molar-refractivity contribution is 0.598. The fourth-order valence-electron chi connectivity index (χ4n) is 1.82. The number of hydrogen-bond donors (Lipinski definition) is 0. The Balaban J connectivity index is 2.09. The summed E-state index contributed by atoms with van der Waals surface area (Å²) in [5, 5.41) is 0.433. The largest absolute Gasteiger partial charge is 0.223 e. The summed E-state index contributed by atoms with van der Waals surface area (Å²) >= 11 is 0. The lowest BCUT2D eigenvalue weighted by Crippen LogP contribution is -2.11. The first kappa shape index (κ1) is 19.0. The molecule has 4 nitrogen and oxygen atoms in total. The number of benzene rings is 2. The lowest BCUT2D eigenvalue weighted by Gasteiger charge is -1.99. The maximum atomic E-state index is 12.8. The first-order valence-corrected chi connectivity index (χ1v) is 10.4. The average molecular weight is 384 g/mol. The third kappa shape index (κ3) is 6.60. The summed E-state index contributed by atoms with van der Waals surface area (Å²) in [6, 6.07) is 10.1. The van der Waals surface area contributed by atoms with Crippen LogP contribution in [0.4, 0.5) is 8.78 Å². The predicted octanol–water partition coefficient (Wildman–Crippen LogP) is 3.39. The van der Waals surface area contributed by atoms with E-state index in [4.69, 9.17) is 0 Å². The Morgan fingerprint density at radius 2 is 0.960 bits per heavy atom. The Bertz CT molecular complexity index is 906. The Labute approximate surface area is 145 Å². The second-order valence-electron chi connectivity index (χ2n) is 5.15. The van der Waals surface area contributed by atoms with Crippen LogP contribution >= 0.6 is 0 Å². The molecule has 8 heteroatoms. The van der Waals surface area contributed by atoms with Gasteiger partial charge in [-0.2, -0.15) is 0 Å². The molecule has 25 heavy (non-hydrogen) atoms. The van der Waals surface area contributed by atoms with Crippen molar-refractivity contribution in [3.05, 3.63) is 82.1 Å². The molecule has 0 unspecified atom stereocenters. The van der Waals surface area contributed by atoms with Gasteiger partial charge >= 0.3 is 0 Å². The lowest BCUT2D eigenvalue weighted by atomic mass is 10.2. The highest BCUT2D eigenvalue weighted by atomic mass is 32.3. The normalized spacial score (nSPS) is 12.9. The predicted molar refractivity (Wildman–Crippen MR) is 93.6 cm³/mol. The number of halogens is 2. The molecule has 0 saturated heterocycles. The van der Waals surface area contributed by atoms with Crippen molar-refractivity contribution < 1.29 is 25.6 Å². The third-order valence-corrected chi connectivity index (χ3v) is 6.73. The minimum absolute atomic E-state index is 0.421. The third-order valence-electron chi connectivity index (χ3n) is 3.00. The zero-order chi connectivity index (χ0) is 18.5. The van der Waals surface area contributed by atoms with Crippen molar-refractivity contribution in [3.63, 3.8) is 0 Å². The zero-order valence-electron chi connectivity index (χ0n) is 12.8. The topological polar surface area (TPSA) is 68.3 Å². The zero-order valence-corrected chi connectivity index (χ0v) is 14.5. The van der Waals surface area contributed by atoms with E-state index in [1.165, 1.54) is 36.4 Å². The van der Waals surface area contributed by atoms with Gasteiger partial charge < -0.3 is 0 Å². The van der Waals surface area contributed by atoms with Crippen molar-refractivity contribution in [2.45, 2.75) is 0 Å². The molecule has 0 bridgehead atoms. The molecule has 2 rings (SSSR count). The summed E-state index contributed by atoms with van der Waals surface area (Å²) in [6.07, 6.45) is 2.38. The molecule has 0 amide bonds. The average Bonchev–Trinajstić information content (AvgIpc) is 2.53. The van der Waals surface area contributed by atoms with Gasteiger partial charge in [-0.1, -0.05) is 24.3 Å². The molecule has 132 valence electrons. The summed E-state index contributed by atoms with van der Waals surface area (Å²) < 4.78 is 73.2. The molecule has 0 atom stereocenters. The van der Waals surface area contributed by atoms with Crippen LogP contribution in [0.2, 0.25) is 0 Å². The molecule has 0 aliphatic heterocycles. The van der Waals surface area contributed by atoms with Gasteiger partial charge in [0.1, 0.15) is 11.6 Å². The molecule has 0 fully saturated rings. The highest BCUT2D eigenvalue weighted by Crippen LogP contribution is 2.11. The van der Waals surface area contributed by atoms with Crippen LogP contribution in [-0.4, -0.2) is 21.9 Å². The maximum Gasteiger partial charge on any atom is 0.186 e. The van der Waals surface area contributed by atoms with Crippen LogP contribution in [0.3, 0.4) is 0 Å². The van der Waals surface area contributed by atoms with Crippen molar-refractivity contribution in [3.8, 4) is 0 Å². The van der Waals surface area contributed by atoms with Gasteiger partial charge in [0.25, 0.3) is 0 Å². The van der Waals surface area contributed by atoms with Gasteiger partial charge in [-0.25, -0.2) is 25.6 Å². The van der Waals surface area contributed by atoms with Gasteiger partial charge in [0.2, 0.25) is 0 Å². The van der Waals surface area contributed by atoms with E-state index in [2.05, 4.69) is 0 Å². The SMILES string of the molecule is O=S(=O)(C=Cc1ccc(F)cc1)CS(=O)(=O)/C=C\c1ccc(F)cc1. The molecule has 0 aliphatic rings. The molecule has 0 radical (unpaired) electrons. The van der Waals surface area contributed by atoms with Crippen LogP contribution < -0.4 is 0 Å². The molecule has 0 N–H and O–H groups in total. The van der Waals surface area contributed by atoms with Crippen LogP contribution in [-0.2, 0) is 19.7 Å². The smallest absolute Gasteiger partial charge is 0.186 e. The highest BCUT2D eigenvalue weighted by Gasteiger charge is 2.17. The Morgan fingerprint density at radius 3 is 1.28 bits per heavy atom. The summed E-state index contributed by atoms with van der Waals surface area (Å²) in [7, 11) is -8.06. The van der Waals surface area contributed by atoms with Crippen LogP contribution in [0.15, 0.2) is 59.3 Å². The van der Waals surface area contributed by atoms with Gasteiger partial charge in [0.15, 0.2) is 24.8 Å². The minimum atomic E-state index is -4.03. The van der Waals surface area contributed by atoms with E-state index in [0.29, 0.717) is 11.1 Å². The molecule has 2 aromatic rings. The fourth-order valence-corrected chi connectivity index (χ4v) is 5.01. The van der Waals surface area contributed by atoms with E-state index in [-0.39, 0.29) is 0 Å². The molecular weight excluding hydrogens is 370 g/mol. The van der Waals surface area contributed by atoms with Crippen molar-refractivity contribution in [1.29, 1.82) is 0 Å². The van der Waals surface area contributed by atoms with Crippen LogP contribution in [0.1, 0.15) is 11.1 Å².